The van der Waals surface area contributed by atoms with Crippen LogP contribution in [-0.4, -0.2) is 30.4 Å². The summed E-state index contributed by atoms with van der Waals surface area (Å²) >= 11 is 18.4. The molecule has 1 aromatic carbocycles. The average molecular weight is 444 g/mol. The van der Waals surface area contributed by atoms with Gasteiger partial charge < -0.3 is 5.32 Å². The first-order valence-electron chi connectivity index (χ1n) is 7.96. The molecule has 9 nitrogen and oxygen atoms in total. The molecule has 12 heteroatoms. The van der Waals surface area contributed by atoms with Gasteiger partial charge in [0.1, 0.15) is 17.4 Å². The van der Waals surface area contributed by atoms with E-state index in [0.717, 1.165) is 6.20 Å². The molecule has 0 saturated carbocycles. The summed E-state index contributed by atoms with van der Waals surface area (Å²) in [5.41, 5.74) is 0.545. The van der Waals surface area contributed by atoms with Gasteiger partial charge in [0.05, 0.1) is 11.5 Å². The number of benzene rings is 1. The van der Waals surface area contributed by atoms with Crippen molar-refractivity contribution in [2.45, 2.75) is 19.5 Å². The van der Waals surface area contributed by atoms with Crippen LogP contribution in [0.25, 0.3) is 0 Å². The maximum atomic E-state index is 12.1. The normalized spacial score (nSPS) is 10.8. The fourth-order valence-corrected chi connectivity index (χ4v) is 3.10. The van der Waals surface area contributed by atoms with Gasteiger partial charge in [-0.15, -0.1) is 0 Å². The van der Waals surface area contributed by atoms with Crippen LogP contribution in [0.5, 0.6) is 0 Å². The number of amides is 1. The summed E-state index contributed by atoms with van der Waals surface area (Å²) in [7, 11) is 0. The highest BCUT2D eigenvalue weighted by atomic mass is 35.5. The molecular weight excluding hydrogens is 431 g/mol. The van der Waals surface area contributed by atoms with Crippen molar-refractivity contribution < 1.29 is 9.72 Å². The molecule has 0 fully saturated rings. The Hall–Kier alpha value is -2.62. The van der Waals surface area contributed by atoms with Crippen LogP contribution in [0, 0.1) is 10.1 Å². The summed E-state index contributed by atoms with van der Waals surface area (Å²) in [6.45, 7) is 0.457. The van der Waals surface area contributed by atoms with Gasteiger partial charge in [-0.2, -0.15) is 10.2 Å². The van der Waals surface area contributed by atoms with Crippen LogP contribution < -0.4 is 5.32 Å². The van der Waals surface area contributed by atoms with Crippen LogP contribution in [0.4, 0.5) is 11.5 Å². The zero-order valence-corrected chi connectivity index (χ0v) is 16.4. The third kappa shape index (κ3) is 4.80. The number of hydrogen-bond donors (Lipinski definition) is 1. The number of aryl methyl sites for hydroxylation is 1. The Kier molecular flexibility index (Phi) is 6.18. The largest absolute Gasteiger partial charge is 0.308 e. The number of aromatic nitrogens is 4. The smallest absolute Gasteiger partial charge is 0.306 e. The molecule has 0 aliphatic carbocycles. The lowest BCUT2D eigenvalue weighted by atomic mass is 10.2. The number of halogens is 3. The zero-order valence-electron chi connectivity index (χ0n) is 14.2. The number of nitrogens with zero attached hydrogens (tertiary/aromatic N) is 5. The SMILES string of the molecule is O=C(CCn1cc([N+](=O)[O-])cn1)Nc1nn(Cc2c(Cl)cccc2Cl)cc1Cl. The topological polar surface area (TPSA) is 108 Å². The molecule has 0 radical (unpaired) electrons. The first-order valence-corrected chi connectivity index (χ1v) is 9.09. The number of carbonyl (C=O) groups excluding carboxylic acids is 1. The predicted molar refractivity (Wildman–Crippen MR) is 105 cm³/mol. The van der Waals surface area contributed by atoms with Gasteiger partial charge in [0.25, 0.3) is 0 Å². The Morgan fingerprint density at radius 3 is 2.50 bits per heavy atom. The second-order valence-electron chi connectivity index (χ2n) is 5.74. The summed E-state index contributed by atoms with van der Waals surface area (Å²) in [6, 6.07) is 5.18. The van der Waals surface area contributed by atoms with Crippen molar-refractivity contribution in [3.8, 4) is 0 Å². The standard InChI is InChI=1S/C16H13Cl3N6O3/c17-12-2-1-3-13(18)11(12)8-24-9-14(19)16(22-24)21-15(26)4-5-23-7-10(6-20-23)25(27)28/h1-3,6-7,9H,4-5,8H2,(H,21,22,26). The highest BCUT2D eigenvalue weighted by Gasteiger charge is 2.14. The van der Waals surface area contributed by atoms with E-state index in [1.54, 1.807) is 24.4 Å². The highest BCUT2D eigenvalue weighted by Crippen LogP contribution is 2.27. The quantitative estimate of drug-likeness (QED) is 0.438. The molecule has 2 aromatic heterocycles. The minimum absolute atomic E-state index is 0.0400. The van der Waals surface area contributed by atoms with Crippen LogP contribution in [0.1, 0.15) is 12.0 Å². The molecule has 1 amide bonds. The van der Waals surface area contributed by atoms with Gasteiger partial charge in [0.2, 0.25) is 5.91 Å². The third-order valence-corrected chi connectivity index (χ3v) is 4.74. The van der Waals surface area contributed by atoms with E-state index < -0.39 is 4.92 Å². The molecule has 2 heterocycles. The third-order valence-electron chi connectivity index (χ3n) is 3.76. The average Bonchev–Trinajstić information content (AvgIpc) is 3.24. The second kappa shape index (κ2) is 8.59. The van der Waals surface area contributed by atoms with Crippen molar-refractivity contribution in [3.05, 3.63) is 67.5 Å². The zero-order chi connectivity index (χ0) is 20.3. The van der Waals surface area contributed by atoms with Gasteiger partial charge in [-0.25, -0.2) is 0 Å². The van der Waals surface area contributed by atoms with Crippen molar-refractivity contribution in [1.29, 1.82) is 0 Å². The van der Waals surface area contributed by atoms with Crippen LogP contribution in [-0.2, 0) is 17.9 Å². The number of hydrogen-bond acceptors (Lipinski definition) is 5. The van der Waals surface area contributed by atoms with Gasteiger partial charge in [-0.05, 0) is 12.1 Å². The van der Waals surface area contributed by atoms with Gasteiger partial charge in [0.15, 0.2) is 5.82 Å². The second-order valence-corrected chi connectivity index (χ2v) is 6.96. The van der Waals surface area contributed by atoms with Crippen molar-refractivity contribution >= 4 is 52.2 Å². The Morgan fingerprint density at radius 1 is 1.14 bits per heavy atom. The maximum Gasteiger partial charge on any atom is 0.306 e. The van der Waals surface area contributed by atoms with Crippen molar-refractivity contribution in [2.24, 2.45) is 0 Å². The fraction of sp³-hybridized carbons (Fsp3) is 0.188. The predicted octanol–water partition coefficient (Wildman–Crippen LogP) is 4.03. The number of anilines is 1. The van der Waals surface area contributed by atoms with Gasteiger partial charge in [-0.1, -0.05) is 40.9 Å². The van der Waals surface area contributed by atoms with E-state index in [0.29, 0.717) is 15.6 Å². The van der Waals surface area contributed by atoms with E-state index >= 15 is 0 Å². The lowest BCUT2D eigenvalue weighted by Crippen LogP contribution is -2.15. The number of carbonyl (C=O) groups is 1. The Balaban J connectivity index is 1.61. The van der Waals surface area contributed by atoms with E-state index in [1.165, 1.54) is 15.6 Å². The number of nitro groups is 1. The molecule has 1 N–H and O–H groups in total. The number of rotatable bonds is 7. The molecule has 146 valence electrons. The fourth-order valence-electron chi connectivity index (χ4n) is 2.39. The lowest BCUT2D eigenvalue weighted by molar-refractivity contribution is -0.385. The lowest BCUT2D eigenvalue weighted by Gasteiger charge is -2.07. The van der Waals surface area contributed by atoms with Crippen LogP contribution in [0.2, 0.25) is 15.1 Å². The summed E-state index contributed by atoms with van der Waals surface area (Å²) < 4.78 is 2.83. The molecular formula is C16H13Cl3N6O3. The van der Waals surface area contributed by atoms with E-state index in [2.05, 4.69) is 15.5 Å². The minimum atomic E-state index is -0.554. The van der Waals surface area contributed by atoms with E-state index in [9.17, 15) is 14.9 Å². The first kappa shape index (κ1) is 20.1. The van der Waals surface area contributed by atoms with Gasteiger partial charge >= 0.3 is 5.69 Å². The minimum Gasteiger partial charge on any atom is -0.308 e. The van der Waals surface area contributed by atoms with Crippen LogP contribution >= 0.6 is 34.8 Å². The molecule has 0 spiro atoms. The Morgan fingerprint density at radius 2 is 1.86 bits per heavy atom. The van der Waals surface area contributed by atoms with Crippen molar-refractivity contribution in [3.63, 3.8) is 0 Å². The summed E-state index contributed by atoms with van der Waals surface area (Å²) in [6.07, 6.45) is 3.96. The molecule has 28 heavy (non-hydrogen) atoms. The summed E-state index contributed by atoms with van der Waals surface area (Å²) in [5, 5.41) is 22.6. The van der Waals surface area contributed by atoms with E-state index in [-0.39, 0.29) is 41.9 Å². The monoisotopic (exact) mass is 442 g/mol. The van der Waals surface area contributed by atoms with Gasteiger partial charge in [0, 0.05) is 34.8 Å². The summed E-state index contributed by atoms with van der Waals surface area (Å²) in [4.78, 5) is 22.2. The van der Waals surface area contributed by atoms with E-state index in [1.807, 2.05) is 0 Å². The Bertz CT molecular complexity index is 1010. The highest BCUT2D eigenvalue weighted by molar-refractivity contribution is 6.36. The Labute approximate surface area is 173 Å². The molecule has 0 saturated heterocycles. The molecule has 0 aliphatic rings. The van der Waals surface area contributed by atoms with Crippen LogP contribution in [0.3, 0.4) is 0 Å². The molecule has 0 atom stereocenters. The summed E-state index contributed by atoms with van der Waals surface area (Å²) in [5.74, 6) is -0.164. The molecule has 0 bridgehead atoms. The molecule has 3 rings (SSSR count). The van der Waals surface area contributed by atoms with Crippen molar-refractivity contribution in [2.75, 3.05) is 5.32 Å². The van der Waals surface area contributed by atoms with Crippen molar-refractivity contribution in [1.82, 2.24) is 19.6 Å². The number of nitrogens with one attached hydrogen (secondary N) is 1. The molecule has 0 aliphatic heterocycles. The van der Waals surface area contributed by atoms with E-state index in [4.69, 9.17) is 34.8 Å². The first-order chi connectivity index (χ1) is 13.3. The van der Waals surface area contributed by atoms with Crippen LogP contribution in [0.15, 0.2) is 36.8 Å². The molecule has 3 aromatic rings. The molecule has 0 unspecified atom stereocenters. The maximum absolute atomic E-state index is 12.1. The van der Waals surface area contributed by atoms with Gasteiger partial charge in [-0.3, -0.25) is 24.3 Å².